The van der Waals surface area contributed by atoms with Crippen LogP contribution in [0.5, 0.6) is 0 Å². The summed E-state index contributed by atoms with van der Waals surface area (Å²) < 4.78 is 0. The Kier molecular flexibility index (Phi) is 6.51. The molecule has 1 heterocycles. The number of anilines is 1. The third-order valence-electron chi connectivity index (χ3n) is 3.93. The monoisotopic (exact) mass is 340 g/mol. The van der Waals surface area contributed by atoms with Crippen molar-refractivity contribution >= 4 is 17.6 Å². The summed E-state index contributed by atoms with van der Waals surface area (Å²) in [5.74, 6) is 0.0179. The predicted molar refractivity (Wildman–Crippen MR) is 98.2 cm³/mol. The van der Waals surface area contributed by atoms with Crippen LogP contribution in [0.4, 0.5) is 5.82 Å². The molecule has 25 heavy (non-hydrogen) atoms. The second kappa shape index (κ2) is 8.82. The number of aromatic nitrogens is 1. The van der Waals surface area contributed by atoms with E-state index in [-0.39, 0.29) is 12.5 Å². The molecule has 1 aromatic carbocycles. The van der Waals surface area contributed by atoms with Gasteiger partial charge in [0.2, 0.25) is 5.91 Å². The van der Waals surface area contributed by atoms with Crippen LogP contribution in [0.2, 0.25) is 0 Å². The van der Waals surface area contributed by atoms with Crippen molar-refractivity contribution < 1.29 is 9.59 Å². The van der Waals surface area contributed by atoms with E-state index in [1.54, 1.807) is 12.3 Å². The van der Waals surface area contributed by atoms with Crippen LogP contribution in [0, 0.1) is 0 Å². The third kappa shape index (κ3) is 5.04. The van der Waals surface area contributed by atoms with E-state index in [0.29, 0.717) is 12.1 Å². The largest absolute Gasteiger partial charge is 0.368 e. The summed E-state index contributed by atoms with van der Waals surface area (Å²) in [4.78, 5) is 32.0. The van der Waals surface area contributed by atoms with E-state index >= 15 is 0 Å². The molecule has 0 bridgehead atoms. The topological polar surface area (TPSA) is 79.5 Å². The van der Waals surface area contributed by atoms with Gasteiger partial charge in [-0.05, 0) is 31.5 Å². The lowest BCUT2D eigenvalue weighted by Gasteiger charge is -2.22. The molecule has 2 rings (SSSR count). The lowest BCUT2D eigenvalue weighted by molar-refractivity contribution is -0.118. The van der Waals surface area contributed by atoms with E-state index in [1.165, 1.54) is 4.90 Å². The maximum Gasteiger partial charge on any atom is 0.256 e. The molecule has 2 amide bonds. The number of hydrogen-bond acceptors (Lipinski definition) is 4. The fourth-order valence-electron chi connectivity index (χ4n) is 2.62. The molecule has 2 aromatic rings. The van der Waals surface area contributed by atoms with Crippen molar-refractivity contribution in [3.63, 3.8) is 0 Å². The minimum absolute atomic E-state index is 0.133. The number of nitrogens with zero attached hydrogens (tertiary/aromatic N) is 3. The van der Waals surface area contributed by atoms with Gasteiger partial charge in [-0.3, -0.25) is 9.59 Å². The van der Waals surface area contributed by atoms with Gasteiger partial charge in [-0.1, -0.05) is 30.3 Å². The van der Waals surface area contributed by atoms with Gasteiger partial charge in [-0.15, -0.1) is 0 Å². The van der Waals surface area contributed by atoms with E-state index in [0.717, 1.165) is 24.5 Å². The molecule has 0 saturated carbocycles. The summed E-state index contributed by atoms with van der Waals surface area (Å²) in [7, 11) is 0. The van der Waals surface area contributed by atoms with Gasteiger partial charge in [-0.25, -0.2) is 4.98 Å². The normalized spacial score (nSPS) is 10.3. The Hall–Kier alpha value is -2.89. The Morgan fingerprint density at radius 2 is 1.72 bits per heavy atom. The van der Waals surface area contributed by atoms with Crippen molar-refractivity contribution in [2.75, 3.05) is 24.5 Å². The highest BCUT2D eigenvalue weighted by molar-refractivity contribution is 5.96. The Bertz CT molecular complexity index is 697. The molecular weight excluding hydrogens is 316 g/mol. The molecule has 6 heteroatoms. The van der Waals surface area contributed by atoms with Gasteiger partial charge >= 0.3 is 0 Å². The van der Waals surface area contributed by atoms with E-state index in [4.69, 9.17) is 5.73 Å². The van der Waals surface area contributed by atoms with E-state index < -0.39 is 5.91 Å². The summed E-state index contributed by atoms with van der Waals surface area (Å²) in [5, 5.41) is 0. The third-order valence-corrected chi connectivity index (χ3v) is 3.93. The number of pyridine rings is 1. The van der Waals surface area contributed by atoms with Crippen LogP contribution in [-0.4, -0.2) is 41.3 Å². The molecular formula is C19H24N4O2. The second-order valence-corrected chi connectivity index (χ2v) is 5.69. The average Bonchev–Trinajstić information content (AvgIpc) is 2.63. The van der Waals surface area contributed by atoms with Gasteiger partial charge in [0.15, 0.2) is 0 Å². The van der Waals surface area contributed by atoms with Gasteiger partial charge < -0.3 is 15.5 Å². The maximum atomic E-state index is 12.8. The SMILES string of the molecule is CCN(CC)c1ccc(C(=O)N(CC(N)=O)Cc2ccccc2)cn1. The molecule has 1 aromatic heterocycles. The Labute approximate surface area is 148 Å². The van der Waals surface area contributed by atoms with Crippen LogP contribution in [0.15, 0.2) is 48.7 Å². The Morgan fingerprint density at radius 3 is 2.24 bits per heavy atom. The highest BCUT2D eigenvalue weighted by Gasteiger charge is 2.19. The number of carbonyl (C=O) groups is 2. The smallest absolute Gasteiger partial charge is 0.256 e. The lowest BCUT2D eigenvalue weighted by atomic mass is 10.2. The van der Waals surface area contributed by atoms with E-state index in [9.17, 15) is 9.59 Å². The summed E-state index contributed by atoms with van der Waals surface area (Å²) in [6.45, 7) is 5.99. The van der Waals surface area contributed by atoms with Crippen LogP contribution in [0.3, 0.4) is 0 Å². The zero-order valence-corrected chi connectivity index (χ0v) is 14.7. The number of rotatable bonds is 8. The molecule has 0 fully saturated rings. The molecule has 0 aliphatic heterocycles. The minimum atomic E-state index is -0.544. The second-order valence-electron chi connectivity index (χ2n) is 5.69. The summed E-state index contributed by atoms with van der Waals surface area (Å²) in [6, 6.07) is 13.1. The summed E-state index contributed by atoms with van der Waals surface area (Å²) in [5.41, 5.74) is 6.68. The Morgan fingerprint density at radius 1 is 1.04 bits per heavy atom. The van der Waals surface area contributed by atoms with Gasteiger partial charge in [0.25, 0.3) is 5.91 Å². The molecule has 0 unspecified atom stereocenters. The van der Waals surface area contributed by atoms with Crippen LogP contribution in [0.25, 0.3) is 0 Å². The van der Waals surface area contributed by atoms with Crippen molar-refractivity contribution in [3.05, 3.63) is 59.8 Å². The standard InChI is InChI=1S/C19H24N4O2/c1-3-22(4-2)18-11-10-16(12-21-18)19(25)23(14-17(20)24)13-15-8-6-5-7-9-15/h5-12H,3-4,13-14H2,1-2H3,(H2,20,24). The predicted octanol–water partition coefficient (Wildman–Crippen LogP) is 2.06. The van der Waals surface area contributed by atoms with Gasteiger partial charge in [0.1, 0.15) is 5.82 Å². The van der Waals surface area contributed by atoms with E-state index in [1.807, 2.05) is 36.4 Å². The molecule has 0 aliphatic rings. The molecule has 0 radical (unpaired) electrons. The van der Waals surface area contributed by atoms with Gasteiger partial charge in [0, 0.05) is 25.8 Å². The summed E-state index contributed by atoms with van der Waals surface area (Å²) >= 11 is 0. The fraction of sp³-hybridized carbons (Fsp3) is 0.316. The van der Waals surface area contributed by atoms with Crippen molar-refractivity contribution in [2.45, 2.75) is 20.4 Å². The number of carbonyl (C=O) groups excluding carboxylic acids is 2. The number of benzene rings is 1. The van der Waals surface area contributed by atoms with E-state index in [2.05, 4.69) is 23.7 Å². The maximum absolute atomic E-state index is 12.8. The van der Waals surface area contributed by atoms with Crippen molar-refractivity contribution in [2.24, 2.45) is 5.73 Å². The van der Waals surface area contributed by atoms with Crippen molar-refractivity contribution in [1.29, 1.82) is 0 Å². The molecule has 132 valence electrons. The number of amides is 2. The molecule has 0 spiro atoms. The zero-order chi connectivity index (χ0) is 18.2. The minimum Gasteiger partial charge on any atom is -0.368 e. The number of hydrogen-bond donors (Lipinski definition) is 1. The molecule has 0 atom stereocenters. The first kappa shape index (κ1) is 18.4. The summed E-state index contributed by atoms with van der Waals surface area (Å²) in [6.07, 6.45) is 1.55. The van der Waals surface area contributed by atoms with Crippen molar-refractivity contribution in [3.8, 4) is 0 Å². The zero-order valence-electron chi connectivity index (χ0n) is 14.7. The highest BCUT2D eigenvalue weighted by Crippen LogP contribution is 2.14. The number of primary amides is 1. The fourth-order valence-corrected chi connectivity index (χ4v) is 2.62. The van der Waals surface area contributed by atoms with Crippen LogP contribution >= 0.6 is 0 Å². The Balaban J connectivity index is 2.19. The first-order valence-corrected chi connectivity index (χ1v) is 8.37. The molecule has 2 N–H and O–H groups in total. The number of nitrogens with two attached hydrogens (primary N) is 1. The van der Waals surface area contributed by atoms with Gasteiger partial charge in [-0.2, -0.15) is 0 Å². The van der Waals surface area contributed by atoms with Gasteiger partial charge in [0.05, 0.1) is 12.1 Å². The van der Waals surface area contributed by atoms with Crippen LogP contribution in [-0.2, 0) is 11.3 Å². The van der Waals surface area contributed by atoms with Crippen LogP contribution in [0.1, 0.15) is 29.8 Å². The highest BCUT2D eigenvalue weighted by atomic mass is 16.2. The first-order valence-electron chi connectivity index (χ1n) is 8.37. The average molecular weight is 340 g/mol. The molecule has 0 aliphatic carbocycles. The molecule has 6 nitrogen and oxygen atoms in total. The van der Waals surface area contributed by atoms with Crippen LogP contribution < -0.4 is 10.6 Å². The first-order chi connectivity index (χ1) is 12.0. The quantitative estimate of drug-likeness (QED) is 0.798. The lowest BCUT2D eigenvalue weighted by Crippen LogP contribution is -2.38. The molecule has 0 saturated heterocycles. The van der Waals surface area contributed by atoms with Crippen molar-refractivity contribution in [1.82, 2.24) is 9.88 Å².